The Morgan fingerprint density at radius 3 is 2.42 bits per heavy atom. The number of nitrogens with zero attached hydrogens (tertiary/aromatic N) is 3. The molecular formula is C28H20F3N3O4. The summed E-state index contributed by atoms with van der Waals surface area (Å²) < 4.78 is 49.6. The van der Waals surface area contributed by atoms with Crippen LogP contribution >= 0.6 is 0 Å². The van der Waals surface area contributed by atoms with E-state index in [1.807, 2.05) is 12.1 Å². The summed E-state index contributed by atoms with van der Waals surface area (Å²) in [7, 11) is 2.78. The molecule has 0 aliphatic carbocycles. The molecule has 0 fully saturated rings. The van der Waals surface area contributed by atoms with Crippen molar-refractivity contribution in [3.8, 4) is 28.1 Å². The minimum absolute atomic E-state index is 0.164. The second kappa shape index (κ2) is 9.29. The van der Waals surface area contributed by atoms with Crippen molar-refractivity contribution in [2.75, 3.05) is 7.11 Å². The number of hydrogen-bond acceptors (Lipinski definition) is 6. The van der Waals surface area contributed by atoms with Crippen molar-refractivity contribution in [1.29, 1.82) is 0 Å². The zero-order valence-corrected chi connectivity index (χ0v) is 20.5. The quantitative estimate of drug-likeness (QED) is 0.279. The maximum Gasteiger partial charge on any atom is 0.573 e. The van der Waals surface area contributed by atoms with Gasteiger partial charge in [0.05, 0.1) is 18.3 Å². The number of carbonyl (C=O) groups excluding carboxylic acids is 1. The Bertz CT molecular complexity index is 1780. The van der Waals surface area contributed by atoms with Crippen molar-refractivity contribution in [3.05, 3.63) is 88.6 Å². The standard InChI is InChI=1S/C28H20F3N3O4/c1-15-9-21-20(11-18(38-28(29,30)31)12-25(21)34(2)26(15)35)19-6-4-5-16-10-24(33-14-22(16)19)17-7-8-23(32-13-17)27(36)37-3/h4-14H,1-3H3. The first-order valence-electron chi connectivity index (χ1n) is 11.4. The smallest absolute Gasteiger partial charge is 0.464 e. The van der Waals surface area contributed by atoms with E-state index in [0.717, 1.165) is 5.39 Å². The predicted octanol–water partition coefficient (Wildman–Crippen LogP) is 5.81. The zero-order chi connectivity index (χ0) is 27.2. The molecule has 0 saturated carbocycles. The summed E-state index contributed by atoms with van der Waals surface area (Å²) >= 11 is 0. The fourth-order valence-electron chi connectivity index (χ4n) is 4.44. The maximum absolute atomic E-state index is 13.1. The molecule has 5 aromatic rings. The summed E-state index contributed by atoms with van der Waals surface area (Å²) in [6.07, 6.45) is -1.76. The van der Waals surface area contributed by atoms with E-state index in [1.54, 1.807) is 37.4 Å². The van der Waals surface area contributed by atoms with Crippen LogP contribution < -0.4 is 10.3 Å². The topological polar surface area (TPSA) is 83.3 Å². The number of halogens is 3. The van der Waals surface area contributed by atoms with Gasteiger partial charge in [0.1, 0.15) is 11.4 Å². The SMILES string of the molecule is COC(=O)c1ccc(-c2cc3cccc(-c4cc(OC(F)(F)F)cc5c4cc(C)c(=O)n5C)c3cn2)cn1. The van der Waals surface area contributed by atoms with E-state index < -0.39 is 18.1 Å². The average molecular weight is 519 g/mol. The van der Waals surface area contributed by atoms with Gasteiger partial charge >= 0.3 is 12.3 Å². The van der Waals surface area contributed by atoms with Gasteiger partial charge in [0.25, 0.3) is 5.56 Å². The van der Waals surface area contributed by atoms with E-state index >= 15 is 0 Å². The molecular weight excluding hydrogens is 499 g/mol. The van der Waals surface area contributed by atoms with Gasteiger partial charge in [-0.05, 0) is 53.8 Å². The molecule has 38 heavy (non-hydrogen) atoms. The van der Waals surface area contributed by atoms with Crippen LogP contribution in [0.15, 0.2) is 71.8 Å². The van der Waals surface area contributed by atoms with Crippen LogP contribution in [0.2, 0.25) is 0 Å². The second-order valence-corrected chi connectivity index (χ2v) is 8.66. The van der Waals surface area contributed by atoms with Crippen LogP contribution in [0.3, 0.4) is 0 Å². The van der Waals surface area contributed by atoms with E-state index in [1.165, 1.54) is 43.1 Å². The van der Waals surface area contributed by atoms with Crippen LogP contribution in [-0.2, 0) is 11.8 Å². The molecule has 7 nitrogen and oxygen atoms in total. The van der Waals surface area contributed by atoms with E-state index in [-0.39, 0.29) is 11.3 Å². The van der Waals surface area contributed by atoms with Gasteiger partial charge in [-0.1, -0.05) is 18.2 Å². The van der Waals surface area contributed by atoms with Crippen LogP contribution in [0.4, 0.5) is 13.2 Å². The highest BCUT2D eigenvalue weighted by molar-refractivity contribution is 6.05. The lowest BCUT2D eigenvalue weighted by molar-refractivity contribution is -0.274. The maximum atomic E-state index is 13.1. The molecule has 0 radical (unpaired) electrons. The van der Waals surface area contributed by atoms with Crippen LogP contribution in [0.5, 0.6) is 5.75 Å². The minimum Gasteiger partial charge on any atom is -0.464 e. The molecule has 0 N–H and O–H groups in total. The number of aromatic nitrogens is 3. The number of rotatable bonds is 4. The molecule has 0 atom stereocenters. The Morgan fingerprint density at radius 1 is 0.947 bits per heavy atom. The molecule has 3 aromatic heterocycles. The van der Waals surface area contributed by atoms with E-state index in [9.17, 15) is 22.8 Å². The Hall–Kier alpha value is -4.73. The zero-order valence-electron chi connectivity index (χ0n) is 20.5. The molecule has 3 heterocycles. The number of esters is 1. The van der Waals surface area contributed by atoms with Crippen molar-refractivity contribution in [1.82, 2.24) is 14.5 Å². The highest BCUT2D eigenvalue weighted by Crippen LogP contribution is 2.38. The Labute approximate surface area is 214 Å². The fourth-order valence-corrected chi connectivity index (χ4v) is 4.44. The van der Waals surface area contributed by atoms with Crippen molar-refractivity contribution in [3.63, 3.8) is 0 Å². The second-order valence-electron chi connectivity index (χ2n) is 8.66. The van der Waals surface area contributed by atoms with Crippen molar-refractivity contribution in [2.24, 2.45) is 7.05 Å². The molecule has 0 spiro atoms. The average Bonchev–Trinajstić information content (AvgIpc) is 2.90. The van der Waals surface area contributed by atoms with Gasteiger partial charge in [0.2, 0.25) is 0 Å². The lowest BCUT2D eigenvalue weighted by Gasteiger charge is -2.17. The van der Waals surface area contributed by atoms with Crippen molar-refractivity contribution in [2.45, 2.75) is 13.3 Å². The molecule has 0 unspecified atom stereocenters. The van der Waals surface area contributed by atoms with Gasteiger partial charge in [-0.2, -0.15) is 0 Å². The first-order valence-corrected chi connectivity index (χ1v) is 11.4. The molecule has 0 bridgehead atoms. The normalized spacial score (nSPS) is 11.6. The number of fused-ring (bicyclic) bond motifs is 2. The summed E-state index contributed by atoms with van der Waals surface area (Å²) in [5.74, 6) is -0.985. The molecule has 2 aromatic carbocycles. The number of methoxy groups -OCH3 is 1. The highest BCUT2D eigenvalue weighted by atomic mass is 19.4. The van der Waals surface area contributed by atoms with Gasteiger partial charge < -0.3 is 14.0 Å². The van der Waals surface area contributed by atoms with E-state index in [2.05, 4.69) is 19.4 Å². The third-order valence-corrected chi connectivity index (χ3v) is 6.24. The summed E-state index contributed by atoms with van der Waals surface area (Å²) in [5, 5.41) is 2.06. The number of pyridine rings is 3. The van der Waals surface area contributed by atoms with Gasteiger partial charge in [-0.3, -0.25) is 9.78 Å². The largest absolute Gasteiger partial charge is 0.573 e. The summed E-state index contributed by atoms with van der Waals surface area (Å²) in [6.45, 7) is 1.65. The van der Waals surface area contributed by atoms with Gasteiger partial charge in [-0.15, -0.1) is 13.2 Å². The molecule has 0 amide bonds. The summed E-state index contributed by atoms with van der Waals surface area (Å²) in [5.41, 5.74) is 2.95. The van der Waals surface area contributed by atoms with Crippen LogP contribution in [-0.4, -0.2) is 34.0 Å². The lowest BCUT2D eigenvalue weighted by Crippen LogP contribution is -2.20. The predicted molar refractivity (Wildman–Crippen MR) is 136 cm³/mol. The number of alkyl halides is 3. The Kier molecular flexibility index (Phi) is 6.10. The first kappa shape index (κ1) is 24.9. The first-order chi connectivity index (χ1) is 18.1. The summed E-state index contributed by atoms with van der Waals surface area (Å²) in [4.78, 5) is 32.9. The summed E-state index contributed by atoms with van der Waals surface area (Å²) in [6, 6.07) is 14.7. The molecule has 0 aliphatic heterocycles. The molecule has 10 heteroatoms. The number of aryl methyl sites for hydroxylation is 2. The monoisotopic (exact) mass is 519 g/mol. The molecule has 5 rings (SSSR count). The number of hydrogen-bond donors (Lipinski definition) is 0. The van der Waals surface area contributed by atoms with Crippen LogP contribution in [0.25, 0.3) is 44.1 Å². The number of carbonyl (C=O) groups is 1. The van der Waals surface area contributed by atoms with Gasteiger partial charge in [-0.25, -0.2) is 9.78 Å². The highest BCUT2D eigenvalue weighted by Gasteiger charge is 2.31. The molecule has 192 valence electrons. The Balaban J connectivity index is 1.70. The molecule has 0 aliphatic rings. The number of benzene rings is 2. The third-order valence-electron chi connectivity index (χ3n) is 6.24. The van der Waals surface area contributed by atoms with Crippen molar-refractivity contribution < 1.29 is 27.4 Å². The van der Waals surface area contributed by atoms with E-state index in [4.69, 9.17) is 0 Å². The Morgan fingerprint density at radius 2 is 1.74 bits per heavy atom. The van der Waals surface area contributed by atoms with Crippen LogP contribution in [0.1, 0.15) is 16.1 Å². The van der Waals surface area contributed by atoms with Crippen molar-refractivity contribution >= 4 is 27.6 Å². The van der Waals surface area contributed by atoms with Gasteiger partial charge in [0.15, 0.2) is 0 Å². The lowest BCUT2D eigenvalue weighted by atomic mass is 9.94. The molecule has 0 saturated heterocycles. The fraction of sp³-hybridized carbons (Fsp3) is 0.143. The van der Waals surface area contributed by atoms with E-state index in [0.29, 0.717) is 44.2 Å². The number of ether oxygens (including phenoxy) is 2. The van der Waals surface area contributed by atoms with Gasteiger partial charge in [0, 0.05) is 47.4 Å². The third kappa shape index (κ3) is 4.56. The van der Waals surface area contributed by atoms with Crippen LogP contribution in [0, 0.1) is 6.92 Å². The minimum atomic E-state index is -4.90.